The van der Waals surface area contributed by atoms with Gasteiger partial charge in [-0.3, -0.25) is 4.39 Å². The first-order chi connectivity index (χ1) is 14.2. The average Bonchev–Trinajstić information content (AvgIpc) is 2.79. The van der Waals surface area contributed by atoms with Crippen molar-refractivity contribution in [2.24, 2.45) is 41.4 Å². The summed E-state index contributed by atoms with van der Waals surface area (Å²) in [7, 11) is 0. The Bertz CT molecular complexity index is 553. The average molecular weight is 409 g/mol. The fraction of sp³-hybridized carbons (Fsp3) is 0.840. The van der Waals surface area contributed by atoms with E-state index in [0.717, 1.165) is 77.4 Å². The lowest BCUT2D eigenvalue weighted by Crippen LogP contribution is -2.38. The zero-order valence-corrected chi connectivity index (χ0v) is 17.7. The smallest absolute Gasteiger partial charge is 0.160 e. The van der Waals surface area contributed by atoms with Gasteiger partial charge in [0, 0.05) is 17.8 Å². The molecule has 0 aromatic heterocycles. The minimum Gasteiger partial charge on any atom is -0.352 e. The summed E-state index contributed by atoms with van der Waals surface area (Å²) < 4.78 is 39.7. The number of allylic oxidation sites excluding steroid dienone is 2. The van der Waals surface area contributed by atoms with Crippen molar-refractivity contribution in [3.05, 3.63) is 24.6 Å². The van der Waals surface area contributed by atoms with E-state index < -0.39 is 0 Å². The molecule has 2 nitrogen and oxygen atoms in total. The lowest BCUT2D eigenvalue weighted by Gasteiger charge is -2.40. The van der Waals surface area contributed by atoms with Gasteiger partial charge in [0.15, 0.2) is 6.29 Å². The van der Waals surface area contributed by atoms with Crippen molar-refractivity contribution in [2.75, 3.05) is 19.9 Å². The Balaban J connectivity index is 1.25. The van der Waals surface area contributed by atoms with Gasteiger partial charge >= 0.3 is 0 Å². The van der Waals surface area contributed by atoms with E-state index >= 15 is 0 Å². The molecule has 164 valence electrons. The van der Waals surface area contributed by atoms with Crippen LogP contribution in [0.2, 0.25) is 0 Å². The van der Waals surface area contributed by atoms with E-state index in [-0.39, 0.29) is 30.6 Å². The molecule has 0 spiro atoms. The van der Waals surface area contributed by atoms with Crippen LogP contribution in [0, 0.1) is 41.4 Å². The fourth-order valence-electron chi connectivity index (χ4n) is 6.29. The summed E-state index contributed by atoms with van der Waals surface area (Å²) in [5.41, 5.74) is 0. The van der Waals surface area contributed by atoms with E-state index in [2.05, 4.69) is 6.58 Å². The normalized spacial score (nSPS) is 44.1. The zero-order valence-electron chi connectivity index (χ0n) is 17.7. The molecule has 4 heteroatoms. The number of halogens is 2. The van der Waals surface area contributed by atoms with Gasteiger partial charge in [-0.05, 0) is 94.0 Å². The second-order valence-electron chi connectivity index (χ2n) is 10.0. The Morgan fingerprint density at radius 2 is 1.48 bits per heavy atom. The molecule has 1 heterocycles. The third-order valence-corrected chi connectivity index (χ3v) is 8.31. The molecule has 0 aromatic rings. The molecule has 2 saturated carbocycles. The van der Waals surface area contributed by atoms with Gasteiger partial charge in [-0.25, -0.2) is 4.39 Å². The summed E-state index contributed by atoms with van der Waals surface area (Å²) in [6, 6.07) is 0. The van der Waals surface area contributed by atoms with Crippen molar-refractivity contribution in [3.63, 3.8) is 0 Å². The van der Waals surface area contributed by atoms with Gasteiger partial charge in [0.05, 0.1) is 25.7 Å². The number of ether oxygens (including phenoxy) is 2. The SMILES string of the molecule is C=CC1COC(C2CCC(C3C=C(F)C(C4CCC(CF)CC4)CC3)CC2)OC1. The molecule has 3 fully saturated rings. The monoisotopic (exact) mass is 408 g/mol. The minimum absolute atomic E-state index is 0.0605. The fourth-order valence-corrected chi connectivity index (χ4v) is 6.29. The van der Waals surface area contributed by atoms with E-state index in [9.17, 15) is 8.78 Å². The first-order valence-electron chi connectivity index (χ1n) is 12.0. The first kappa shape index (κ1) is 21.5. The molecule has 29 heavy (non-hydrogen) atoms. The van der Waals surface area contributed by atoms with Crippen LogP contribution < -0.4 is 0 Å². The summed E-state index contributed by atoms with van der Waals surface area (Å²) in [5.74, 6) is 2.70. The molecule has 0 radical (unpaired) electrons. The number of rotatable bonds is 5. The molecule has 4 rings (SSSR count). The van der Waals surface area contributed by atoms with Crippen molar-refractivity contribution in [2.45, 2.75) is 70.5 Å². The maximum atomic E-state index is 15.0. The van der Waals surface area contributed by atoms with Crippen molar-refractivity contribution in [3.8, 4) is 0 Å². The van der Waals surface area contributed by atoms with Crippen molar-refractivity contribution < 1.29 is 18.3 Å². The van der Waals surface area contributed by atoms with Gasteiger partial charge in [-0.15, -0.1) is 6.58 Å². The number of hydrogen-bond donors (Lipinski definition) is 0. The molecule has 1 aliphatic heterocycles. The molecule has 4 aliphatic rings. The van der Waals surface area contributed by atoms with Crippen molar-refractivity contribution in [1.82, 2.24) is 0 Å². The van der Waals surface area contributed by atoms with Crippen LogP contribution >= 0.6 is 0 Å². The van der Waals surface area contributed by atoms with Crippen LogP contribution in [0.25, 0.3) is 0 Å². The molecule has 3 aliphatic carbocycles. The van der Waals surface area contributed by atoms with Crippen LogP contribution in [0.4, 0.5) is 8.78 Å². The van der Waals surface area contributed by atoms with Crippen LogP contribution in [0.1, 0.15) is 64.2 Å². The molecular weight excluding hydrogens is 370 g/mol. The van der Waals surface area contributed by atoms with Crippen molar-refractivity contribution in [1.29, 1.82) is 0 Å². The Hall–Kier alpha value is -0.740. The van der Waals surface area contributed by atoms with Gasteiger partial charge in [-0.2, -0.15) is 0 Å². The third-order valence-electron chi connectivity index (χ3n) is 8.31. The number of alkyl halides is 1. The summed E-state index contributed by atoms with van der Waals surface area (Å²) in [4.78, 5) is 0. The van der Waals surface area contributed by atoms with E-state index in [1.807, 2.05) is 12.2 Å². The Labute approximate surface area is 175 Å². The van der Waals surface area contributed by atoms with Gasteiger partial charge < -0.3 is 9.47 Å². The minimum atomic E-state index is -0.202. The van der Waals surface area contributed by atoms with Crippen LogP contribution in [0.5, 0.6) is 0 Å². The summed E-state index contributed by atoms with van der Waals surface area (Å²) in [6.07, 6.45) is 14.4. The van der Waals surface area contributed by atoms with Gasteiger partial charge in [0.1, 0.15) is 0 Å². The van der Waals surface area contributed by atoms with E-state index in [0.29, 0.717) is 29.6 Å². The quantitative estimate of drug-likeness (QED) is 0.476. The van der Waals surface area contributed by atoms with E-state index in [4.69, 9.17) is 9.47 Å². The predicted octanol–water partition coefficient (Wildman–Crippen LogP) is 6.62. The van der Waals surface area contributed by atoms with Crippen LogP contribution in [-0.2, 0) is 9.47 Å². The molecule has 2 atom stereocenters. The maximum absolute atomic E-state index is 15.0. The van der Waals surface area contributed by atoms with E-state index in [1.165, 1.54) is 0 Å². The highest BCUT2D eigenvalue weighted by molar-refractivity contribution is 5.09. The second kappa shape index (κ2) is 10.0. The number of hydrogen-bond acceptors (Lipinski definition) is 2. The molecule has 0 bridgehead atoms. The Kier molecular flexibility index (Phi) is 7.44. The summed E-state index contributed by atoms with van der Waals surface area (Å²) >= 11 is 0. The standard InChI is InChI=1S/C25H38F2O2/c1-2-17-15-28-25(29-16-17)21-9-7-19(8-10-21)22-11-12-23(24(27)13-22)20-5-3-18(14-26)4-6-20/h2,13,17-23,25H,1,3-12,14-16H2. The highest BCUT2D eigenvalue weighted by Crippen LogP contribution is 2.46. The summed E-state index contributed by atoms with van der Waals surface area (Å²) in [5, 5.41) is 0. The van der Waals surface area contributed by atoms with Crippen LogP contribution in [0.15, 0.2) is 24.6 Å². The van der Waals surface area contributed by atoms with Gasteiger partial charge in [-0.1, -0.05) is 6.08 Å². The van der Waals surface area contributed by atoms with E-state index in [1.54, 1.807) is 0 Å². The highest BCUT2D eigenvalue weighted by atomic mass is 19.1. The Morgan fingerprint density at radius 1 is 0.862 bits per heavy atom. The lowest BCUT2D eigenvalue weighted by atomic mass is 9.67. The van der Waals surface area contributed by atoms with Crippen LogP contribution in [-0.4, -0.2) is 26.2 Å². The predicted molar refractivity (Wildman–Crippen MR) is 112 cm³/mol. The lowest BCUT2D eigenvalue weighted by molar-refractivity contribution is -0.223. The maximum Gasteiger partial charge on any atom is 0.160 e. The highest BCUT2D eigenvalue weighted by Gasteiger charge is 2.37. The van der Waals surface area contributed by atoms with Gasteiger partial charge in [0.25, 0.3) is 0 Å². The molecule has 0 N–H and O–H groups in total. The second-order valence-corrected chi connectivity index (χ2v) is 10.0. The molecule has 0 amide bonds. The zero-order chi connectivity index (χ0) is 20.2. The molecule has 0 aromatic carbocycles. The molecular formula is C25H38F2O2. The van der Waals surface area contributed by atoms with Crippen LogP contribution in [0.3, 0.4) is 0 Å². The Morgan fingerprint density at radius 3 is 2.07 bits per heavy atom. The van der Waals surface area contributed by atoms with Gasteiger partial charge in [0.2, 0.25) is 0 Å². The third kappa shape index (κ3) is 5.12. The topological polar surface area (TPSA) is 18.5 Å². The van der Waals surface area contributed by atoms with Crippen molar-refractivity contribution >= 4 is 0 Å². The molecule has 2 unspecified atom stereocenters. The summed E-state index contributed by atoms with van der Waals surface area (Å²) in [6.45, 7) is 5.06. The first-order valence-corrected chi connectivity index (χ1v) is 12.0. The largest absolute Gasteiger partial charge is 0.352 e. The molecule has 1 saturated heterocycles.